The number of ether oxygens (including phenoxy) is 2. The standard InChI is InChI=1S/C25H27NO8S/c1-11(27)26-15(25(31)32)10-35-9-12-6-13-8-14-20(19(13)18(7-12)34-3)24(30)21-16(28)4-5-17(33-2)22(21)23(14)29/h6-7,15,17,29-30H,4-5,8-10H2,1-3H3,(H,26,27)(H,31,32)/t15-,17?/m0/s1. The molecule has 1 unspecified atom stereocenters. The van der Waals surface area contributed by atoms with Gasteiger partial charge in [-0.05, 0) is 23.6 Å². The van der Waals surface area contributed by atoms with Gasteiger partial charge in [-0.15, -0.1) is 0 Å². The van der Waals surface area contributed by atoms with Crippen LogP contribution in [0, 0.1) is 0 Å². The molecule has 0 saturated heterocycles. The van der Waals surface area contributed by atoms with Crippen molar-refractivity contribution >= 4 is 29.4 Å². The quantitative estimate of drug-likeness (QED) is 0.342. The highest BCUT2D eigenvalue weighted by Crippen LogP contribution is 2.56. The van der Waals surface area contributed by atoms with E-state index in [-0.39, 0.29) is 35.0 Å². The summed E-state index contributed by atoms with van der Waals surface area (Å²) in [6.07, 6.45) is 0.497. The highest BCUT2D eigenvalue weighted by atomic mass is 32.2. The number of aliphatic carboxylic acids is 1. The molecule has 2 aromatic rings. The highest BCUT2D eigenvalue weighted by molar-refractivity contribution is 7.98. The molecule has 0 heterocycles. The lowest BCUT2D eigenvalue weighted by Gasteiger charge is -2.27. The summed E-state index contributed by atoms with van der Waals surface area (Å²) in [7, 11) is 3.01. The van der Waals surface area contributed by atoms with E-state index in [1.54, 1.807) is 6.07 Å². The Balaban J connectivity index is 1.69. The van der Waals surface area contributed by atoms with Crippen molar-refractivity contribution in [1.29, 1.82) is 0 Å². The fraction of sp³-hybridized carbons (Fsp3) is 0.400. The summed E-state index contributed by atoms with van der Waals surface area (Å²) in [5.41, 5.74) is 3.66. The predicted molar refractivity (Wildman–Crippen MR) is 129 cm³/mol. The molecule has 0 aromatic heterocycles. The Labute approximate surface area is 206 Å². The van der Waals surface area contributed by atoms with E-state index in [9.17, 15) is 29.7 Å². The van der Waals surface area contributed by atoms with Crippen LogP contribution in [-0.4, -0.2) is 59.0 Å². The minimum Gasteiger partial charge on any atom is -0.507 e. The molecule has 9 nitrogen and oxygen atoms in total. The predicted octanol–water partition coefficient (Wildman–Crippen LogP) is 3.16. The van der Waals surface area contributed by atoms with Crippen LogP contribution in [0.5, 0.6) is 17.2 Å². The number of carboxylic acids is 1. The summed E-state index contributed by atoms with van der Waals surface area (Å²) in [6.45, 7) is 1.27. The van der Waals surface area contributed by atoms with E-state index < -0.39 is 24.0 Å². The van der Waals surface area contributed by atoms with Crippen molar-refractivity contribution in [3.8, 4) is 28.4 Å². The zero-order valence-corrected chi connectivity index (χ0v) is 20.5. The van der Waals surface area contributed by atoms with Gasteiger partial charge in [0.2, 0.25) is 5.91 Å². The first kappa shape index (κ1) is 24.9. The number of carboxylic acid groups (broad SMARTS) is 1. The van der Waals surface area contributed by atoms with Gasteiger partial charge in [0.15, 0.2) is 5.78 Å². The van der Waals surface area contributed by atoms with Gasteiger partial charge < -0.3 is 30.1 Å². The van der Waals surface area contributed by atoms with Crippen molar-refractivity contribution in [2.45, 2.75) is 44.1 Å². The summed E-state index contributed by atoms with van der Waals surface area (Å²) < 4.78 is 11.1. The number of aromatic hydroxyl groups is 2. The molecule has 35 heavy (non-hydrogen) atoms. The number of nitrogens with one attached hydrogen (secondary N) is 1. The van der Waals surface area contributed by atoms with E-state index >= 15 is 0 Å². The molecule has 186 valence electrons. The summed E-state index contributed by atoms with van der Waals surface area (Å²) in [6, 6.07) is 2.72. The number of phenols is 2. The molecule has 2 aliphatic carbocycles. The first-order chi connectivity index (χ1) is 16.7. The molecule has 0 saturated carbocycles. The second-order valence-corrected chi connectivity index (χ2v) is 9.67. The molecule has 2 aliphatic rings. The zero-order chi connectivity index (χ0) is 25.4. The van der Waals surface area contributed by atoms with E-state index in [0.29, 0.717) is 46.6 Å². The second kappa shape index (κ2) is 9.79. The van der Waals surface area contributed by atoms with E-state index in [1.165, 1.54) is 32.9 Å². The molecular formula is C25H27NO8S. The molecule has 4 rings (SSSR count). The number of fused-ring (bicyclic) bond motifs is 4. The molecule has 0 spiro atoms. The first-order valence-electron chi connectivity index (χ1n) is 11.1. The van der Waals surface area contributed by atoms with Gasteiger partial charge >= 0.3 is 5.97 Å². The molecule has 2 atom stereocenters. The minimum absolute atomic E-state index is 0.0403. The number of hydrogen-bond donors (Lipinski definition) is 4. The Kier molecular flexibility index (Phi) is 6.95. The summed E-state index contributed by atoms with van der Waals surface area (Å²) in [5, 5.41) is 34.1. The van der Waals surface area contributed by atoms with Gasteiger partial charge in [0.05, 0.1) is 18.8 Å². The number of carbonyl (C=O) groups is 3. The Morgan fingerprint density at radius 3 is 2.54 bits per heavy atom. The number of hydrogen-bond acceptors (Lipinski definition) is 8. The Hall–Kier alpha value is -3.24. The number of carbonyl (C=O) groups excluding carboxylic acids is 2. The van der Waals surface area contributed by atoms with Crippen LogP contribution in [0.2, 0.25) is 0 Å². The topological polar surface area (TPSA) is 142 Å². The molecule has 4 N–H and O–H groups in total. The fourth-order valence-electron chi connectivity index (χ4n) is 4.91. The molecule has 0 radical (unpaired) electrons. The van der Waals surface area contributed by atoms with Crippen LogP contribution in [-0.2, 0) is 26.5 Å². The summed E-state index contributed by atoms with van der Waals surface area (Å²) >= 11 is 1.35. The lowest BCUT2D eigenvalue weighted by atomic mass is 9.83. The molecule has 2 aromatic carbocycles. The number of benzene rings is 2. The largest absolute Gasteiger partial charge is 0.507 e. The molecule has 1 amide bonds. The maximum Gasteiger partial charge on any atom is 0.327 e. The lowest BCUT2D eigenvalue weighted by Crippen LogP contribution is -2.41. The van der Waals surface area contributed by atoms with Crippen LogP contribution in [0.1, 0.15) is 58.5 Å². The maximum absolute atomic E-state index is 12.7. The number of phenolic OH excluding ortho intramolecular Hbond substituents is 2. The van der Waals surface area contributed by atoms with Gasteiger partial charge in [-0.1, -0.05) is 6.07 Å². The van der Waals surface area contributed by atoms with Crippen LogP contribution < -0.4 is 10.1 Å². The number of amides is 1. The average Bonchev–Trinajstić information content (AvgIpc) is 3.21. The molecule has 10 heteroatoms. The van der Waals surface area contributed by atoms with Gasteiger partial charge in [-0.2, -0.15) is 11.8 Å². The van der Waals surface area contributed by atoms with Crippen molar-refractivity contribution in [3.63, 3.8) is 0 Å². The zero-order valence-electron chi connectivity index (χ0n) is 19.6. The number of Topliss-reactive ketones (excluding diaryl/α,β-unsaturated/α-hetero) is 1. The Bertz CT molecular complexity index is 1220. The van der Waals surface area contributed by atoms with Crippen molar-refractivity contribution in [1.82, 2.24) is 5.32 Å². The van der Waals surface area contributed by atoms with Crippen molar-refractivity contribution in [2.24, 2.45) is 0 Å². The summed E-state index contributed by atoms with van der Waals surface area (Å²) in [5.74, 6) is -0.836. The lowest BCUT2D eigenvalue weighted by molar-refractivity contribution is -0.140. The molecule has 0 bridgehead atoms. The van der Waals surface area contributed by atoms with E-state index in [4.69, 9.17) is 9.47 Å². The number of methoxy groups -OCH3 is 2. The van der Waals surface area contributed by atoms with Crippen LogP contribution in [0.4, 0.5) is 0 Å². The van der Waals surface area contributed by atoms with Gasteiger partial charge in [-0.3, -0.25) is 9.59 Å². The van der Waals surface area contributed by atoms with Gasteiger partial charge in [0, 0.05) is 60.6 Å². The van der Waals surface area contributed by atoms with E-state index in [2.05, 4.69) is 5.32 Å². The third-order valence-corrected chi connectivity index (χ3v) is 7.52. The monoisotopic (exact) mass is 501 g/mol. The normalized spacial score (nSPS) is 16.8. The fourth-order valence-corrected chi connectivity index (χ4v) is 5.89. The van der Waals surface area contributed by atoms with Crippen molar-refractivity contribution < 1.29 is 39.2 Å². The van der Waals surface area contributed by atoms with Gasteiger partial charge in [-0.25, -0.2) is 4.79 Å². The Morgan fingerprint density at radius 2 is 1.91 bits per heavy atom. The van der Waals surface area contributed by atoms with E-state index in [1.807, 2.05) is 6.07 Å². The minimum atomic E-state index is -1.10. The van der Waals surface area contributed by atoms with Crippen LogP contribution in [0.25, 0.3) is 11.1 Å². The van der Waals surface area contributed by atoms with Crippen LogP contribution >= 0.6 is 11.8 Å². The SMILES string of the molecule is COc1cc(CSC[C@H](NC(C)=O)C(=O)O)cc2c1-c1c(O)c3c(c(O)c1C2)C(OC)CCC3=O. The summed E-state index contributed by atoms with van der Waals surface area (Å²) in [4.78, 5) is 35.3. The van der Waals surface area contributed by atoms with Crippen LogP contribution in [0.3, 0.4) is 0 Å². The van der Waals surface area contributed by atoms with Gasteiger partial charge in [0.25, 0.3) is 0 Å². The highest BCUT2D eigenvalue weighted by Gasteiger charge is 2.39. The number of ketones is 1. The van der Waals surface area contributed by atoms with E-state index in [0.717, 1.165) is 11.1 Å². The molecule has 0 fully saturated rings. The van der Waals surface area contributed by atoms with Crippen LogP contribution in [0.15, 0.2) is 12.1 Å². The first-order valence-corrected chi connectivity index (χ1v) is 12.3. The maximum atomic E-state index is 12.7. The average molecular weight is 502 g/mol. The molecule has 0 aliphatic heterocycles. The number of rotatable bonds is 8. The number of thioether (sulfide) groups is 1. The smallest absolute Gasteiger partial charge is 0.327 e. The second-order valence-electron chi connectivity index (χ2n) is 8.64. The van der Waals surface area contributed by atoms with Crippen molar-refractivity contribution in [2.75, 3.05) is 20.0 Å². The third kappa shape index (κ3) is 4.43. The Morgan fingerprint density at radius 1 is 1.17 bits per heavy atom. The van der Waals surface area contributed by atoms with Crippen molar-refractivity contribution in [3.05, 3.63) is 39.9 Å². The molecular weight excluding hydrogens is 474 g/mol. The third-order valence-electron chi connectivity index (χ3n) is 6.41. The van der Waals surface area contributed by atoms with Gasteiger partial charge in [0.1, 0.15) is 23.3 Å².